The highest BCUT2D eigenvalue weighted by Crippen LogP contribution is 2.13. The van der Waals surface area contributed by atoms with Crippen LogP contribution in [0.2, 0.25) is 0 Å². The lowest BCUT2D eigenvalue weighted by Gasteiger charge is -2.07. The van der Waals surface area contributed by atoms with Gasteiger partial charge in [-0.2, -0.15) is 0 Å². The molecule has 21 heavy (non-hydrogen) atoms. The van der Waals surface area contributed by atoms with Gasteiger partial charge < -0.3 is 19.6 Å². The number of ether oxygens (including phenoxy) is 1. The van der Waals surface area contributed by atoms with Crippen molar-refractivity contribution in [3.8, 4) is 5.75 Å². The lowest BCUT2D eigenvalue weighted by atomic mass is 10.2. The second-order valence-electron chi connectivity index (χ2n) is 4.61. The number of nitrogens with one attached hydrogen (secondary N) is 1. The molecule has 0 aliphatic carbocycles. The van der Waals surface area contributed by atoms with Crippen molar-refractivity contribution in [3.05, 3.63) is 47.2 Å². The summed E-state index contributed by atoms with van der Waals surface area (Å²) in [6, 6.07) is 6.42. The van der Waals surface area contributed by atoms with E-state index in [0.717, 1.165) is 11.5 Å². The van der Waals surface area contributed by atoms with Crippen LogP contribution in [0.25, 0.3) is 0 Å². The van der Waals surface area contributed by atoms with E-state index in [4.69, 9.17) is 14.3 Å². The topological polar surface area (TPSA) is 84.6 Å². The van der Waals surface area contributed by atoms with E-state index in [1.54, 1.807) is 12.1 Å². The molecule has 0 fully saturated rings. The van der Waals surface area contributed by atoms with E-state index in [1.165, 1.54) is 12.1 Å². The smallest absolute Gasteiger partial charge is 0.335 e. The second kappa shape index (κ2) is 6.90. The van der Waals surface area contributed by atoms with Crippen LogP contribution in [-0.2, 0) is 6.54 Å². The maximum Gasteiger partial charge on any atom is 0.335 e. The van der Waals surface area contributed by atoms with E-state index in [2.05, 4.69) is 10.3 Å². The van der Waals surface area contributed by atoms with Crippen molar-refractivity contribution < 1.29 is 19.1 Å². The molecule has 0 radical (unpaired) electrons. The maximum absolute atomic E-state index is 10.8. The van der Waals surface area contributed by atoms with Crippen LogP contribution in [0, 0.1) is 13.8 Å². The summed E-state index contributed by atoms with van der Waals surface area (Å²) in [6.45, 7) is 5.36. The summed E-state index contributed by atoms with van der Waals surface area (Å²) in [7, 11) is 0. The van der Waals surface area contributed by atoms with E-state index in [-0.39, 0.29) is 5.56 Å². The molecule has 2 rings (SSSR count). The highest BCUT2D eigenvalue weighted by molar-refractivity contribution is 5.87. The van der Waals surface area contributed by atoms with E-state index < -0.39 is 5.97 Å². The largest absolute Gasteiger partial charge is 0.492 e. The van der Waals surface area contributed by atoms with Gasteiger partial charge >= 0.3 is 5.97 Å². The van der Waals surface area contributed by atoms with Crippen LogP contribution >= 0.6 is 0 Å². The first kappa shape index (κ1) is 15.1. The number of aromatic carboxylic acids is 1. The number of aromatic nitrogens is 1. The molecule has 0 bridgehead atoms. The molecule has 0 saturated carbocycles. The SMILES string of the molecule is Cc1nc(CNCCOc2cccc(C(=O)O)c2)oc1C. The van der Waals surface area contributed by atoms with Crippen molar-refractivity contribution >= 4 is 5.97 Å². The first-order valence-electron chi connectivity index (χ1n) is 6.66. The highest BCUT2D eigenvalue weighted by atomic mass is 16.5. The Hall–Kier alpha value is -2.34. The van der Waals surface area contributed by atoms with Gasteiger partial charge in [0.05, 0.1) is 17.8 Å². The van der Waals surface area contributed by atoms with Crippen molar-refractivity contribution in [2.24, 2.45) is 0 Å². The predicted molar refractivity (Wildman–Crippen MR) is 76.6 cm³/mol. The van der Waals surface area contributed by atoms with Crippen LogP contribution in [0.15, 0.2) is 28.7 Å². The molecule has 6 nitrogen and oxygen atoms in total. The Morgan fingerprint density at radius 2 is 2.24 bits per heavy atom. The molecule has 2 aromatic rings. The first-order valence-corrected chi connectivity index (χ1v) is 6.66. The number of nitrogens with zero attached hydrogens (tertiary/aromatic N) is 1. The average Bonchev–Trinajstić information content (AvgIpc) is 2.77. The molecule has 0 aliphatic heterocycles. The van der Waals surface area contributed by atoms with Crippen LogP contribution in [-0.4, -0.2) is 29.2 Å². The normalized spacial score (nSPS) is 10.6. The molecule has 0 amide bonds. The molecular weight excluding hydrogens is 272 g/mol. The van der Waals surface area contributed by atoms with Crippen molar-refractivity contribution in [1.29, 1.82) is 0 Å². The third-order valence-corrected chi connectivity index (χ3v) is 2.98. The Kier molecular flexibility index (Phi) is 4.94. The van der Waals surface area contributed by atoms with Gasteiger partial charge in [-0.15, -0.1) is 0 Å². The van der Waals surface area contributed by atoms with E-state index >= 15 is 0 Å². The number of rotatable bonds is 7. The summed E-state index contributed by atoms with van der Waals surface area (Å²) in [5.41, 5.74) is 1.11. The zero-order chi connectivity index (χ0) is 15.2. The average molecular weight is 290 g/mol. The monoisotopic (exact) mass is 290 g/mol. The fourth-order valence-corrected chi connectivity index (χ4v) is 1.77. The Bertz CT molecular complexity index is 602. The minimum atomic E-state index is -0.965. The maximum atomic E-state index is 10.8. The van der Waals surface area contributed by atoms with Gasteiger partial charge in [0.15, 0.2) is 0 Å². The standard InChI is InChI=1S/C15H18N2O4/c1-10-11(2)21-14(17-10)9-16-6-7-20-13-5-3-4-12(8-13)15(18)19/h3-5,8,16H,6-7,9H2,1-2H3,(H,18,19). The van der Waals surface area contributed by atoms with E-state index in [1.807, 2.05) is 13.8 Å². The Morgan fingerprint density at radius 1 is 1.43 bits per heavy atom. The number of hydrogen-bond acceptors (Lipinski definition) is 5. The van der Waals surface area contributed by atoms with E-state index in [0.29, 0.717) is 31.3 Å². The third-order valence-electron chi connectivity index (χ3n) is 2.98. The fourth-order valence-electron chi connectivity index (χ4n) is 1.77. The van der Waals surface area contributed by atoms with Crippen LogP contribution in [0.5, 0.6) is 5.75 Å². The van der Waals surface area contributed by atoms with Crippen molar-refractivity contribution in [3.63, 3.8) is 0 Å². The van der Waals surface area contributed by atoms with Gasteiger partial charge in [0.1, 0.15) is 18.1 Å². The molecule has 0 saturated heterocycles. The quantitative estimate of drug-likeness (QED) is 0.760. The first-order chi connectivity index (χ1) is 10.1. The zero-order valence-electron chi connectivity index (χ0n) is 12.0. The summed E-state index contributed by atoms with van der Waals surface area (Å²) >= 11 is 0. The van der Waals surface area contributed by atoms with Crippen LogP contribution in [0.4, 0.5) is 0 Å². The fraction of sp³-hybridized carbons (Fsp3) is 0.333. The lowest BCUT2D eigenvalue weighted by molar-refractivity contribution is 0.0696. The molecule has 0 atom stereocenters. The van der Waals surface area contributed by atoms with Crippen molar-refractivity contribution in [2.45, 2.75) is 20.4 Å². The lowest BCUT2D eigenvalue weighted by Crippen LogP contribution is -2.20. The number of oxazole rings is 1. The number of carbonyl (C=O) groups is 1. The number of carboxylic acids is 1. The Balaban J connectivity index is 1.72. The highest BCUT2D eigenvalue weighted by Gasteiger charge is 2.05. The molecule has 1 aromatic carbocycles. The van der Waals surface area contributed by atoms with E-state index in [9.17, 15) is 4.79 Å². The molecule has 1 heterocycles. The minimum Gasteiger partial charge on any atom is -0.492 e. The van der Waals surface area contributed by atoms with Crippen molar-refractivity contribution in [1.82, 2.24) is 10.3 Å². The molecule has 2 N–H and O–H groups in total. The number of hydrogen-bond donors (Lipinski definition) is 2. The van der Waals surface area contributed by atoms with Gasteiger partial charge in [-0.05, 0) is 32.0 Å². The third kappa shape index (κ3) is 4.32. The molecule has 0 aliphatic rings. The van der Waals surface area contributed by atoms with Gasteiger partial charge in [0, 0.05) is 6.54 Å². The molecule has 6 heteroatoms. The Labute approximate surface area is 122 Å². The van der Waals surface area contributed by atoms with Crippen LogP contribution in [0.3, 0.4) is 0 Å². The van der Waals surface area contributed by atoms with Crippen LogP contribution in [0.1, 0.15) is 27.7 Å². The molecule has 112 valence electrons. The minimum absolute atomic E-state index is 0.214. The second-order valence-corrected chi connectivity index (χ2v) is 4.61. The summed E-state index contributed by atoms with van der Waals surface area (Å²) in [5.74, 6) is 1.05. The molecule has 0 spiro atoms. The molecular formula is C15H18N2O4. The molecule has 0 unspecified atom stereocenters. The number of carboxylic acid groups (broad SMARTS) is 1. The Morgan fingerprint density at radius 3 is 2.90 bits per heavy atom. The number of benzene rings is 1. The van der Waals surface area contributed by atoms with Crippen LogP contribution < -0.4 is 10.1 Å². The zero-order valence-corrected chi connectivity index (χ0v) is 12.0. The van der Waals surface area contributed by atoms with Gasteiger partial charge in [-0.25, -0.2) is 9.78 Å². The van der Waals surface area contributed by atoms with Gasteiger partial charge in [-0.1, -0.05) is 6.07 Å². The van der Waals surface area contributed by atoms with Gasteiger partial charge in [0.25, 0.3) is 0 Å². The predicted octanol–water partition coefficient (Wildman–Crippen LogP) is 2.16. The summed E-state index contributed by atoms with van der Waals surface area (Å²) < 4.78 is 10.9. The van der Waals surface area contributed by atoms with Crippen molar-refractivity contribution in [2.75, 3.05) is 13.2 Å². The molecule has 1 aromatic heterocycles. The van der Waals surface area contributed by atoms with Gasteiger partial charge in [0.2, 0.25) is 5.89 Å². The summed E-state index contributed by atoms with van der Waals surface area (Å²) in [6.07, 6.45) is 0. The van der Waals surface area contributed by atoms with Gasteiger partial charge in [-0.3, -0.25) is 0 Å². The summed E-state index contributed by atoms with van der Waals surface area (Å²) in [4.78, 5) is 15.1. The number of aryl methyl sites for hydroxylation is 2. The summed E-state index contributed by atoms with van der Waals surface area (Å²) in [5, 5.41) is 12.0.